The van der Waals surface area contributed by atoms with E-state index in [0.29, 0.717) is 5.56 Å². The van der Waals surface area contributed by atoms with Gasteiger partial charge in [0.2, 0.25) is 0 Å². The standard InChI is InChI=1S/C15H17NOS/c1-2-4-11-6-8-12(9-7-11)15(17)14(16)13-5-3-10-18-13/h3,5-10,14H,2,4,16H2,1H3. The van der Waals surface area contributed by atoms with Crippen molar-refractivity contribution in [2.75, 3.05) is 0 Å². The van der Waals surface area contributed by atoms with Crippen LogP contribution in [0.25, 0.3) is 0 Å². The molecule has 0 radical (unpaired) electrons. The summed E-state index contributed by atoms with van der Waals surface area (Å²) in [6, 6.07) is 11.1. The smallest absolute Gasteiger partial charge is 0.184 e. The van der Waals surface area contributed by atoms with Crippen molar-refractivity contribution in [3.63, 3.8) is 0 Å². The van der Waals surface area contributed by atoms with Gasteiger partial charge in [-0.05, 0) is 23.4 Å². The third-order valence-electron chi connectivity index (χ3n) is 2.91. The van der Waals surface area contributed by atoms with Gasteiger partial charge in [0.15, 0.2) is 5.78 Å². The molecule has 0 amide bonds. The lowest BCUT2D eigenvalue weighted by atomic mass is 10.0. The Morgan fingerprint density at radius 2 is 2.00 bits per heavy atom. The van der Waals surface area contributed by atoms with Gasteiger partial charge in [0.1, 0.15) is 6.04 Å². The molecule has 2 nitrogen and oxygen atoms in total. The molecule has 1 unspecified atom stereocenters. The largest absolute Gasteiger partial charge is 0.317 e. The molecule has 0 saturated heterocycles. The van der Waals surface area contributed by atoms with Crippen molar-refractivity contribution < 1.29 is 4.79 Å². The number of benzene rings is 1. The summed E-state index contributed by atoms with van der Waals surface area (Å²) in [6.07, 6.45) is 2.16. The van der Waals surface area contributed by atoms with E-state index in [1.54, 1.807) is 0 Å². The van der Waals surface area contributed by atoms with Crippen LogP contribution >= 0.6 is 11.3 Å². The Morgan fingerprint density at radius 3 is 2.56 bits per heavy atom. The maximum Gasteiger partial charge on any atom is 0.184 e. The summed E-state index contributed by atoms with van der Waals surface area (Å²) < 4.78 is 0. The number of hydrogen-bond acceptors (Lipinski definition) is 3. The van der Waals surface area contributed by atoms with E-state index in [-0.39, 0.29) is 5.78 Å². The number of ketones is 1. The molecule has 1 aromatic carbocycles. The summed E-state index contributed by atoms with van der Waals surface area (Å²) in [5.41, 5.74) is 7.93. The minimum Gasteiger partial charge on any atom is -0.317 e. The van der Waals surface area contributed by atoms with Crippen molar-refractivity contribution in [2.45, 2.75) is 25.8 Å². The van der Waals surface area contributed by atoms with E-state index in [2.05, 4.69) is 6.92 Å². The molecular formula is C15H17NOS. The van der Waals surface area contributed by atoms with Gasteiger partial charge < -0.3 is 5.73 Å². The van der Waals surface area contributed by atoms with Crippen LogP contribution in [-0.4, -0.2) is 5.78 Å². The Hall–Kier alpha value is -1.45. The average molecular weight is 259 g/mol. The Bertz CT molecular complexity index is 502. The first-order valence-electron chi connectivity index (χ1n) is 6.14. The minimum absolute atomic E-state index is 0.0134. The fourth-order valence-electron chi connectivity index (χ4n) is 1.90. The van der Waals surface area contributed by atoms with Crippen LogP contribution in [0.4, 0.5) is 0 Å². The summed E-state index contributed by atoms with van der Waals surface area (Å²) in [7, 11) is 0. The molecule has 0 aliphatic heterocycles. The first kappa shape index (κ1) is 13.0. The maximum absolute atomic E-state index is 12.2. The van der Waals surface area contributed by atoms with Gasteiger partial charge in [-0.3, -0.25) is 4.79 Å². The number of thiophene rings is 1. The molecule has 1 heterocycles. The second kappa shape index (κ2) is 5.94. The number of aryl methyl sites for hydroxylation is 1. The Morgan fingerprint density at radius 1 is 1.28 bits per heavy atom. The summed E-state index contributed by atoms with van der Waals surface area (Å²) in [5, 5.41) is 1.94. The van der Waals surface area contributed by atoms with E-state index in [1.165, 1.54) is 16.9 Å². The third-order valence-corrected chi connectivity index (χ3v) is 3.86. The second-order valence-corrected chi connectivity index (χ2v) is 5.28. The molecule has 0 saturated carbocycles. The van der Waals surface area contributed by atoms with Gasteiger partial charge in [0, 0.05) is 10.4 Å². The molecule has 1 atom stereocenters. The first-order valence-corrected chi connectivity index (χ1v) is 7.02. The lowest BCUT2D eigenvalue weighted by Crippen LogP contribution is -2.20. The van der Waals surface area contributed by atoms with Gasteiger partial charge in [-0.1, -0.05) is 43.7 Å². The van der Waals surface area contributed by atoms with Gasteiger partial charge >= 0.3 is 0 Å². The van der Waals surface area contributed by atoms with E-state index in [1.807, 2.05) is 41.8 Å². The zero-order valence-corrected chi connectivity index (χ0v) is 11.2. The summed E-state index contributed by atoms with van der Waals surface area (Å²) in [5.74, 6) is -0.0134. The van der Waals surface area contributed by atoms with Crippen LogP contribution in [0, 0.1) is 0 Å². The highest BCUT2D eigenvalue weighted by Crippen LogP contribution is 2.21. The molecule has 2 rings (SSSR count). The maximum atomic E-state index is 12.2. The van der Waals surface area contributed by atoms with Crippen LogP contribution in [0.5, 0.6) is 0 Å². The molecule has 2 N–H and O–H groups in total. The van der Waals surface area contributed by atoms with Crippen LogP contribution in [0.15, 0.2) is 41.8 Å². The van der Waals surface area contributed by atoms with Crippen LogP contribution in [0.2, 0.25) is 0 Å². The fourth-order valence-corrected chi connectivity index (χ4v) is 2.63. The minimum atomic E-state index is -0.540. The number of nitrogens with two attached hydrogens (primary N) is 1. The number of carbonyl (C=O) groups excluding carboxylic acids is 1. The van der Waals surface area contributed by atoms with Crippen molar-refractivity contribution in [1.82, 2.24) is 0 Å². The molecule has 0 aliphatic carbocycles. The zero-order valence-electron chi connectivity index (χ0n) is 10.4. The van der Waals surface area contributed by atoms with Gasteiger partial charge in [-0.2, -0.15) is 0 Å². The van der Waals surface area contributed by atoms with E-state index >= 15 is 0 Å². The van der Waals surface area contributed by atoms with E-state index < -0.39 is 6.04 Å². The van der Waals surface area contributed by atoms with Crippen LogP contribution in [0.1, 0.15) is 40.2 Å². The molecular weight excluding hydrogens is 242 g/mol. The van der Waals surface area contributed by atoms with Crippen molar-refractivity contribution in [3.8, 4) is 0 Å². The molecule has 0 fully saturated rings. The first-order chi connectivity index (χ1) is 8.72. The predicted octanol–water partition coefficient (Wildman–Crippen LogP) is 3.58. The third kappa shape index (κ3) is 2.86. The Balaban J connectivity index is 2.13. The molecule has 0 aliphatic rings. The summed E-state index contributed by atoms with van der Waals surface area (Å²) in [6.45, 7) is 2.14. The van der Waals surface area contributed by atoms with Gasteiger partial charge in [-0.25, -0.2) is 0 Å². The number of carbonyl (C=O) groups is 1. The highest BCUT2D eigenvalue weighted by atomic mass is 32.1. The number of rotatable bonds is 5. The molecule has 3 heteroatoms. The molecule has 0 bridgehead atoms. The van der Waals surface area contributed by atoms with Crippen molar-refractivity contribution in [3.05, 3.63) is 57.8 Å². The predicted molar refractivity (Wildman–Crippen MR) is 76.0 cm³/mol. The summed E-state index contributed by atoms with van der Waals surface area (Å²) >= 11 is 1.52. The van der Waals surface area contributed by atoms with Gasteiger partial charge in [0.05, 0.1) is 0 Å². The normalized spacial score (nSPS) is 12.3. The second-order valence-electron chi connectivity index (χ2n) is 4.30. The highest BCUT2D eigenvalue weighted by Gasteiger charge is 2.18. The summed E-state index contributed by atoms with van der Waals surface area (Å²) in [4.78, 5) is 13.1. The van der Waals surface area contributed by atoms with Crippen molar-refractivity contribution in [2.24, 2.45) is 5.73 Å². The zero-order chi connectivity index (χ0) is 13.0. The molecule has 18 heavy (non-hydrogen) atoms. The molecule has 1 aromatic heterocycles. The SMILES string of the molecule is CCCc1ccc(C(=O)C(N)c2cccs2)cc1. The number of hydrogen-bond donors (Lipinski definition) is 1. The van der Waals surface area contributed by atoms with E-state index in [4.69, 9.17) is 5.73 Å². The number of Topliss-reactive ketones (excluding diaryl/α,β-unsaturated/α-hetero) is 1. The Kier molecular flexibility index (Phi) is 4.28. The van der Waals surface area contributed by atoms with Crippen molar-refractivity contribution >= 4 is 17.1 Å². The lowest BCUT2D eigenvalue weighted by molar-refractivity contribution is 0.0962. The van der Waals surface area contributed by atoms with Gasteiger partial charge in [-0.15, -0.1) is 11.3 Å². The van der Waals surface area contributed by atoms with Gasteiger partial charge in [0.25, 0.3) is 0 Å². The van der Waals surface area contributed by atoms with E-state index in [0.717, 1.165) is 17.7 Å². The molecule has 2 aromatic rings. The average Bonchev–Trinajstić information content (AvgIpc) is 2.92. The van der Waals surface area contributed by atoms with Crippen LogP contribution < -0.4 is 5.73 Å². The van der Waals surface area contributed by atoms with Crippen molar-refractivity contribution in [1.29, 1.82) is 0 Å². The van der Waals surface area contributed by atoms with Crippen LogP contribution in [0.3, 0.4) is 0 Å². The highest BCUT2D eigenvalue weighted by molar-refractivity contribution is 7.10. The van der Waals surface area contributed by atoms with E-state index in [9.17, 15) is 4.79 Å². The lowest BCUT2D eigenvalue weighted by Gasteiger charge is -2.09. The molecule has 94 valence electrons. The fraction of sp³-hybridized carbons (Fsp3) is 0.267. The molecule has 0 spiro atoms. The monoisotopic (exact) mass is 259 g/mol. The van der Waals surface area contributed by atoms with Crippen LogP contribution in [-0.2, 0) is 6.42 Å². The Labute approximate surface area is 111 Å². The topological polar surface area (TPSA) is 43.1 Å². The quantitative estimate of drug-likeness (QED) is 0.834.